The van der Waals surface area contributed by atoms with Crippen LogP contribution in [0.4, 0.5) is 0 Å². The number of ether oxygens (including phenoxy) is 1. The Morgan fingerprint density at radius 1 is 0.864 bits per heavy atom. The molecule has 2 N–H and O–H groups in total. The summed E-state index contributed by atoms with van der Waals surface area (Å²) < 4.78 is 12.0. The summed E-state index contributed by atoms with van der Waals surface area (Å²) in [5.74, 6) is 0.518. The van der Waals surface area contributed by atoms with E-state index in [9.17, 15) is 24.3 Å². The van der Waals surface area contributed by atoms with E-state index in [0.717, 1.165) is 68.9 Å². The van der Waals surface area contributed by atoms with Gasteiger partial charge in [0.15, 0.2) is 5.78 Å². The number of amides is 1. The van der Waals surface area contributed by atoms with Crippen LogP contribution in [-0.2, 0) is 19.1 Å². The molecular weight excluding hydrogens is 743 g/mol. The monoisotopic (exact) mass is 809 g/mol. The molecule has 0 aliphatic heterocycles. The van der Waals surface area contributed by atoms with Crippen molar-refractivity contribution >= 4 is 23.6 Å². The first-order valence-corrected chi connectivity index (χ1v) is 22.5. The van der Waals surface area contributed by atoms with Crippen molar-refractivity contribution in [2.45, 2.75) is 146 Å². The van der Waals surface area contributed by atoms with Crippen molar-refractivity contribution in [3.05, 3.63) is 46.9 Å². The maximum Gasteiger partial charge on any atom is 0.309 e. The molecule has 10 atom stereocenters. The summed E-state index contributed by atoms with van der Waals surface area (Å²) >= 11 is 0. The van der Waals surface area contributed by atoms with E-state index in [4.69, 9.17) is 9.15 Å². The summed E-state index contributed by atoms with van der Waals surface area (Å²) in [6.45, 7) is 22.7. The molecule has 1 heterocycles. The van der Waals surface area contributed by atoms with E-state index in [2.05, 4.69) is 64.0 Å². The second-order valence-corrected chi connectivity index (χ2v) is 22.0. The molecule has 8 rings (SSSR count). The van der Waals surface area contributed by atoms with E-state index in [0.29, 0.717) is 60.3 Å². The molecule has 0 bridgehead atoms. The van der Waals surface area contributed by atoms with Crippen LogP contribution >= 0.6 is 0 Å². The average Bonchev–Trinajstić information content (AvgIpc) is 3.72. The third kappa shape index (κ3) is 6.21. The van der Waals surface area contributed by atoms with Gasteiger partial charge in [-0.25, -0.2) is 0 Å². The quantitative estimate of drug-likeness (QED) is 0.236. The largest absolute Gasteiger partial charge is 0.481 e. The van der Waals surface area contributed by atoms with Crippen molar-refractivity contribution < 1.29 is 33.4 Å². The van der Waals surface area contributed by atoms with Gasteiger partial charge in [0, 0.05) is 41.8 Å². The lowest BCUT2D eigenvalue weighted by Crippen LogP contribution is -2.66. The number of nitrogens with zero attached hydrogens (tertiary/aromatic N) is 2. The van der Waals surface area contributed by atoms with Gasteiger partial charge in [0.1, 0.15) is 6.10 Å². The number of nitrogens with one attached hydrogen (secondary N) is 1. The van der Waals surface area contributed by atoms with Gasteiger partial charge in [-0.2, -0.15) is 0 Å². The summed E-state index contributed by atoms with van der Waals surface area (Å²) in [6.07, 6.45) is 9.68. The van der Waals surface area contributed by atoms with Gasteiger partial charge in [0.05, 0.1) is 11.8 Å². The number of aliphatic carboxylic acids is 1. The zero-order valence-electron chi connectivity index (χ0n) is 37.1. The number of carboxylic acid groups (broad SMARTS) is 1. The molecule has 1 aromatic carbocycles. The number of hydrogen-bond acceptors (Lipinski definition) is 8. The highest BCUT2D eigenvalue weighted by molar-refractivity contribution is 6.00. The van der Waals surface area contributed by atoms with Crippen molar-refractivity contribution in [2.75, 3.05) is 6.54 Å². The first-order valence-electron chi connectivity index (χ1n) is 22.5. The Hall–Kier alpha value is -3.82. The molecule has 1 aromatic heterocycles. The normalized spacial score (nSPS) is 38.1. The minimum absolute atomic E-state index is 0.0271. The third-order valence-electron chi connectivity index (χ3n) is 18.4. The van der Waals surface area contributed by atoms with Crippen molar-refractivity contribution in [3.63, 3.8) is 0 Å². The zero-order chi connectivity index (χ0) is 42.7. The van der Waals surface area contributed by atoms with Gasteiger partial charge in [0.2, 0.25) is 11.8 Å². The smallest absolute Gasteiger partial charge is 0.309 e. The van der Waals surface area contributed by atoms with Crippen molar-refractivity contribution in [3.8, 4) is 11.5 Å². The standard InChI is InChI=1S/C49H67N3O7/c1-27(2)38-34(53)26-49(23-24-50-40(54)29-11-13-30(14-12-29)41-52-51-28(3)58-41)22-21-47(9)31(39(38)49)15-16-36-46(8)19-18-37(45(6,7)35(46)17-20-48(36,47)10)59-43(57)33-25-32(42(55)56)44(33,4)5/h11-14,27,31-33,35-37H,15-26H2,1-10H3,(H,50,54)(H,55,56)/t31-,32+,33-,35+,36-,37+,46+,47-,48-,49-/m1/s1. The SMILES string of the molecule is Cc1nnc(-c2ccc(C(=O)NCC[C@@]34CC[C@]5(C)[C@H](CC[C@@H]6[C@@]7(C)CC[C@H](OC(=O)[C@H]8C[C@@H](C(=O)O)C8(C)C)C(C)(C)[C@@H]7CC[C@]65C)C3=C(C(C)C)C(=O)C4)cc2)o1. The number of Topliss-reactive ketones (excluding diaryl/α,β-unsaturated/α-hetero) is 1. The molecular formula is C49H67N3O7. The fourth-order valence-corrected chi connectivity index (χ4v) is 14.9. The van der Waals surface area contributed by atoms with E-state index < -0.39 is 17.3 Å². The molecule has 10 nitrogen and oxygen atoms in total. The molecule has 10 heteroatoms. The number of benzene rings is 1. The molecule has 2 aromatic rings. The number of hydrogen-bond donors (Lipinski definition) is 2. The first kappa shape index (κ1) is 41.9. The maximum atomic E-state index is 14.1. The minimum atomic E-state index is -0.832. The number of ketones is 1. The summed E-state index contributed by atoms with van der Waals surface area (Å²) in [7, 11) is 0. The summed E-state index contributed by atoms with van der Waals surface area (Å²) in [4.78, 5) is 53.0. The van der Waals surface area contributed by atoms with Gasteiger partial charge in [0.25, 0.3) is 5.91 Å². The molecule has 0 saturated heterocycles. The van der Waals surface area contributed by atoms with Crippen LogP contribution in [0.25, 0.3) is 11.5 Å². The third-order valence-corrected chi connectivity index (χ3v) is 18.4. The van der Waals surface area contributed by atoms with Crippen LogP contribution in [0.1, 0.15) is 149 Å². The van der Waals surface area contributed by atoms with Crippen LogP contribution in [0.5, 0.6) is 0 Å². The van der Waals surface area contributed by atoms with E-state index in [1.165, 1.54) is 5.57 Å². The highest BCUT2D eigenvalue weighted by atomic mass is 16.5. The minimum Gasteiger partial charge on any atom is -0.481 e. The number of fused-ring (bicyclic) bond motifs is 7. The molecule has 0 spiro atoms. The topological polar surface area (TPSA) is 149 Å². The number of aromatic nitrogens is 2. The Bertz CT molecular complexity index is 2080. The lowest BCUT2D eigenvalue weighted by Gasteiger charge is -2.72. The Labute approximate surface area is 350 Å². The molecule has 0 unspecified atom stereocenters. The van der Waals surface area contributed by atoms with E-state index in [1.807, 2.05) is 26.0 Å². The van der Waals surface area contributed by atoms with Crippen LogP contribution in [-0.4, -0.2) is 51.6 Å². The number of allylic oxidation sites excluding steroid dienone is 2. The predicted molar refractivity (Wildman–Crippen MR) is 224 cm³/mol. The van der Waals surface area contributed by atoms with Gasteiger partial charge in [-0.15, -0.1) is 10.2 Å². The highest BCUT2D eigenvalue weighted by Crippen LogP contribution is 2.77. The molecule has 6 aliphatic rings. The van der Waals surface area contributed by atoms with Gasteiger partial charge in [-0.05, 0) is 139 Å². The van der Waals surface area contributed by atoms with Crippen LogP contribution in [0.3, 0.4) is 0 Å². The number of carbonyl (C=O) groups excluding carboxylic acids is 3. The average molecular weight is 810 g/mol. The summed E-state index contributed by atoms with van der Waals surface area (Å²) in [6, 6.07) is 7.24. The number of carbonyl (C=O) groups is 4. The lowest BCUT2D eigenvalue weighted by molar-refractivity contribution is -0.236. The number of rotatable bonds is 9. The number of carboxylic acids is 1. The molecule has 320 valence electrons. The van der Waals surface area contributed by atoms with Crippen molar-refractivity contribution in [2.24, 2.45) is 68.0 Å². The Morgan fingerprint density at radius 2 is 1.58 bits per heavy atom. The molecule has 59 heavy (non-hydrogen) atoms. The van der Waals surface area contributed by atoms with Crippen molar-refractivity contribution in [1.29, 1.82) is 0 Å². The van der Waals surface area contributed by atoms with Crippen molar-refractivity contribution in [1.82, 2.24) is 15.5 Å². The van der Waals surface area contributed by atoms with Crippen LogP contribution < -0.4 is 5.32 Å². The van der Waals surface area contributed by atoms with E-state index >= 15 is 0 Å². The number of esters is 1. The molecule has 5 saturated carbocycles. The number of aryl methyl sites for hydroxylation is 1. The highest BCUT2D eigenvalue weighted by Gasteiger charge is 2.70. The van der Waals surface area contributed by atoms with Crippen LogP contribution in [0, 0.1) is 74.9 Å². The summed E-state index contributed by atoms with van der Waals surface area (Å²) in [5, 5.41) is 20.9. The molecule has 1 amide bonds. The predicted octanol–water partition coefficient (Wildman–Crippen LogP) is 9.80. The zero-order valence-corrected chi connectivity index (χ0v) is 37.1. The molecule has 5 fully saturated rings. The second kappa shape index (κ2) is 14.1. The Morgan fingerprint density at radius 3 is 2.20 bits per heavy atom. The first-order chi connectivity index (χ1) is 27.6. The molecule has 6 aliphatic carbocycles. The fraction of sp³-hybridized carbons (Fsp3) is 0.714. The lowest BCUT2D eigenvalue weighted by atomic mass is 9.33. The van der Waals surface area contributed by atoms with Gasteiger partial charge in [-0.3, -0.25) is 19.2 Å². The second-order valence-electron chi connectivity index (χ2n) is 22.0. The van der Waals surface area contributed by atoms with Gasteiger partial charge < -0.3 is 19.6 Å². The maximum absolute atomic E-state index is 14.1. The summed E-state index contributed by atoms with van der Waals surface area (Å²) in [5.41, 5.74) is 2.95. The van der Waals surface area contributed by atoms with E-state index in [-0.39, 0.29) is 56.9 Å². The van der Waals surface area contributed by atoms with E-state index in [1.54, 1.807) is 19.1 Å². The van der Waals surface area contributed by atoms with Crippen LogP contribution in [0.15, 0.2) is 39.8 Å². The Kier molecular flexibility index (Phi) is 10.0. The van der Waals surface area contributed by atoms with Gasteiger partial charge in [-0.1, -0.05) is 67.9 Å². The molecule has 0 radical (unpaired) electrons. The fourth-order valence-electron chi connectivity index (χ4n) is 14.9. The van der Waals surface area contributed by atoms with Gasteiger partial charge >= 0.3 is 11.9 Å². The Balaban J connectivity index is 0.994. The van der Waals surface area contributed by atoms with Crippen LogP contribution in [0.2, 0.25) is 0 Å².